The Balaban J connectivity index is 1.80. The Kier molecular flexibility index (Phi) is 4.22. The summed E-state index contributed by atoms with van der Waals surface area (Å²) in [6, 6.07) is 16.9. The molecule has 0 aromatic heterocycles. The minimum atomic E-state index is 0.101. The summed E-state index contributed by atoms with van der Waals surface area (Å²) in [5, 5.41) is 0.420. The van der Waals surface area contributed by atoms with Crippen molar-refractivity contribution in [1.82, 2.24) is 0 Å². The van der Waals surface area contributed by atoms with E-state index in [1.54, 1.807) is 7.11 Å². The van der Waals surface area contributed by atoms with Crippen LogP contribution in [0.2, 0.25) is 0 Å². The van der Waals surface area contributed by atoms with Crippen LogP contribution in [0.5, 0.6) is 5.75 Å². The van der Waals surface area contributed by atoms with Crippen molar-refractivity contribution >= 4 is 11.8 Å². The number of hydrogen-bond acceptors (Lipinski definition) is 3. The van der Waals surface area contributed by atoms with E-state index in [9.17, 15) is 0 Å². The van der Waals surface area contributed by atoms with E-state index in [0.29, 0.717) is 11.2 Å². The summed E-state index contributed by atoms with van der Waals surface area (Å²) in [6.45, 7) is 2.30. The predicted octanol–water partition coefficient (Wildman–Crippen LogP) is 4.36. The molecule has 1 aliphatic rings. The Labute approximate surface area is 130 Å². The van der Waals surface area contributed by atoms with Crippen molar-refractivity contribution in [2.45, 2.75) is 35.4 Å². The van der Waals surface area contributed by atoms with Crippen LogP contribution in [0.25, 0.3) is 0 Å². The smallest absolute Gasteiger partial charge is 0.118 e. The molecular formula is C18H21NOS. The van der Waals surface area contributed by atoms with Crippen LogP contribution in [0.15, 0.2) is 53.4 Å². The summed E-state index contributed by atoms with van der Waals surface area (Å²) in [5.74, 6) is 1.46. The largest absolute Gasteiger partial charge is 0.497 e. The van der Waals surface area contributed by atoms with Crippen molar-refractivity contribution in [3.8, 4) is 5.75 Å². The first-order valence-corrected chi connectivity index (χ1v) is 8.22. The van der Waals surface area contributed by atoms with Gasteiger partial charge in [0.15, 0.2) is 0 Å². The molecule has 0 spiro atoms. The second-order valence-electron chi connectivity index (χ2n) is 5.62. The molecule has 1 aliphatic carbocycles. The fraction of sp³-hybridized carbons (Fsp3) is 0.333. The van der Waals surface area contributed by atoms with Crippen molar-refractivity contribution in [1.29, 1.82) is 0 Å². The Morgan fingerprint density at radius 1 is 1.05 bits per heavy atom. The summed E-state index contributed by atoms with van der Waals surface area (Å²) >= 11 is 1.88. The number of methoxy groups -OCH3 is 1. The topological polar surface area (TPSA) is 35.2 Å². The molecule has 2 nitrogen and oxygen atoms in total. The predicted molar refractivity (Wildman–Crippen MR) is 89.0 cm³/mol. The third-order valence-electron chi connectivity index (χ3n) is 4.22. The molecule has 21 heavy (non-hydrogen) atoms. The first-order chi connectivity index (χ1) is 10.2. The van der Waals surface area contributed by atoms with Crippen LogP contribution in [0.1, 0.15) is 36.4 Å². The van der Waals surface area contributed by atoms with Crippen LogP contribution in [-0.2, 0) is 0 Å². The van der Waals surface area contributed by atoms with E-state index in [0.717, 1.165) is 12.2 Å². The van der Waals surface area contributed by atoms with Crippen molar-refractivity contribution in [2.24, 2.45) is 5.73 Å². The first-order valence-electron chi connectivity index (χ1n) is 7.34. The Morgan fingerprint density at radius 2 is 1.71 bits per heavy atom. The molecule has 0 radical (unpaired) electrons. The zero-order valence-electron chi connectivity index (χ0n) is 12.5. The van der Waals surface area contributed by atoms with Gasteiger partial charge in [0.2, 0.25) is 0 Å². The van der Waals surface area contributed by atoms with Crippen LogP contribution in [0.3, 0.4) is 0 Å². The lowest BCUT2D eigenvalue weighted by Crippen LogP contribution is -2.30. The molecule has 2 N–H and O–H groups in total. The second-order valence-corrected chi connectivity index (χ2v) is 6.94. The molecule has 0 saturated heterocycles. The number of benzene rings is 2. The van der Waals surface area contributed by atoms with Gasteiger partial charge < -0.3 is 10.5 Å². The number of hydrogen-bond donors (Lipinski definition) is 1. The first kappa shape index (κ1) is 14.5. The van der Waals surface area contributed by atoms with E-state index in [1.807, 2.05) is 23.9 Å². The summed E-state index contributed by atoms with van der Waals surface area (Å²) in [6.07, 6.45) is 1.12. The molecule has 0 aliphatic heterocycles. The normalized spacial score (nSPS) is 24.4. The molecule has 0 bridgehead atoms. The highest BCUT2D eigenvalue weighted by Gasteiger charge is 2.31. The molecule has 3 unspecified atom stereocenters. The average molecular weight is 299 g/mol. The van der Waals surface area contributed by atoms with Crippen molar-refractivity contribution in [2.75, 3.05) is 7.11 Å². The molecule has 3 atom stereocenters. The number of thioether (sulfide) groups is 1. The highest BCUT2D eigenvalue weighted by Crippen LogP contribution is 2.43. The lowest BCUT2D eigenvalue weighted by Gasteiger charge is -2.34. The molecule has 3 heteroatoms. The Hall–Kier alpha value is -1.45. The van der Waals surface area contributed by atoms with Gasteiger partial charge in [-0.2, -0.15) is 0 Å². The zero-order chi connectivity index (χ0) is 14.8. The maximum atomic E-state index is 6.51. The second kappa shape index (κ2) is 6.12. The maximum absolute atomic E-state index is 6.51. The number of fused-ring (bicyclic) bond motifs is 1. The summed E-state index contributed by atoms with van der Waals surface area (Å²) in [5.41, 5.74) is 9.23. The van der Waals surface area contributed by atoms with Crippen molar-refractivity contribution in [3.05, 3.63) is 59.7 Å². The molecule has 0 heterocycles. The van der Waals surface area contributed by atoms with Gasteiger partial charge in [0.05, 0.1) is 7.11 Å². The van der Waals surface area contributed by atoms with Crippen molar-refractivity contribution in [3.63, 3.8) is 0 Å². The van der Waals surface area contributed by atoms with Gasteiger partial charge in [-0.05, 0) is 47.7 Å². The highest BCUT2D eigenvalue weighted by molar-refractivity contribution is 8.00. The van der Waals surface area contributed by atoms with Gasteiger partial charge in [-0.25, -0.2) is 0 Å². The SMILES string of the molecule is COc1ccc(SC2CC(C)c3ccccc3C2N)cc1. The number of nitrogens with two attached hydrogens (primary N) is 1. The summed E-state index contributed by atoms with van der Waals surface area (Å²) in [7, 11) is 1.69. The number of rotatable bonds is 3. The quantitative estimate of drug-likeness (QED) is 0.914. The third-order valence-corrected chi connectivity index (χ3v) is 5.55. The van der Waals surface area contributed by atoms with E-state index in [4.69, 9.17) is 10.5 Å². The molecule has 110 valence electrons. The molecule has 2 aromatic carbocycles. The molecule has 0 fully saturated rings. The number of ether oxygens (including phenoxy) is 1. The molecule has 0 amide bonds. The highest BCUT2D eigenvalue weighted by atomic mass is 32.2. The van der Waals surface area contributed by atoms with E-state index in [1.165, 1.54) is 16.0 Å². The van der Waals surface area contributed by atoms with Crippen LogP contribution in [-0.4, -0.2) is 12.4 Å². The van der Waals surface area contributed by atoms with Gasteiger partial charge in [0.1, 0.15) is 5.75 Å². The van der Waals surface area contributed by atoms with E-state index in [2.05, 4.69) is 43.3 Å². The van der Waals surface area contributed by atoms with Crippen molar-refractivity contribution < 1.29 is 4.74 Å². The fourth-order valence-electron chi connectivity index (χ4n) is 3.04. The molecular weight excluding hydrogens is 278 g/mol. The van der Waals surface area contributed by atoms with E-state index in [-0.39, 0.29) is 6.04 Å². The standard InChI is InChI=1S/C18H21NOS/c1-12-11-17(18(19)16-6-4-3-5-15(12)16)21-14-9-7-13(20-2)8-10-14/h3-10,12,17-18H,11,19H2,1-2H3. The lowest BCUT2D eigenvalue weighted by molar-refractivity contribution is 0.414. The molecule has 3 rings (SSSR count). The summed E-state index contributed by atoms with van der Waals surface area (Å²) in [4.78, 5) is 1.25. The minimum Gasteiger partial charge on any atom is -0.497 e. The Morgan fingerprint density at radius 3 is 2.38 bits per heavy atom. The maximum Gasteiger partial charge on any atom is 0.118 e. The monoisotopic (exact) mass is 299 g/mol. The minimum absolute atomic E-state index is 0.101. The van der Waals surface area contributed by atoms with Crippen LogP contribution >= 0.6 is 11.8 Å². The van der Waals surface area contributed by atoms with Gasteiger partial charge in [-0.3, -0.25) is 0 Å². The van der Waals surface area contributed by atoms with Gasteiger partial charge >= 0.3 is 0 Å². The third kappa shape index (κ3) is 2.94. The molecule has 0 saturated carbocycles. The van der Waals surface area contributed by atoms with Gasteiger partial charge in [0, 0.05) is 16.2 Å². The van der Waals surface area contributed by atoms with Gasteiger partial charge in [0.25, 0.3) is 0 Å². The Bertz CT molecular complexity index is 611. The average Bonchev–Trinajstić information content (AvgIpc) is 2.53. The van der Waals surface area contributed by atoms with E-state index >= 15 is 0 Å². The zero-order valence-corrected chi connectivity index (χ0v) is 13.3. The van der Waals surface area contributed by atoms with Crippen LogP contribution in [0.4, 0.5) is 0 Å². The van der Waals surface area contributed by atoms with Gasteiger partial charge in [-0.15, -0.1) is 11.8 Å². The molecule has 2 aromatic rings. The fourth-order valence-corrected chi connectivity index (χ4v) is 4.36. The lowest BCUT2D eigenvalue weighted by atomic mass is 9.81. The summed E-state index contributed by atoms with van der Waals surface area (Å²) < 4.78 is 5.21. The van der Waals surface area contributed by atoms with Crippen LogP contribution < -0.4 is 10.5 Å². The van der Waals surface area contributed by atoms with E-state index < -0.39 is 0 Å². The van der Waals surface area contributed by atoms with Gasteiger partial charge in [-0.1, -0.05) is 31.2 Å². The van der Waals surface area contributed by atoms with Crippen LogP contribution in [0, 0.1) is 0 Å².